The number of ketones is 1. The van der Waals surface area contributed by atoms with Gasteiger partial charge in [-0.3, -0.25) is 9.59 Å². The van der Waals surface area contributed by atoms with E-state index in [1.807, 2.05) is 12.1 Å². The van der Waals surface area contributed by atoms with Crippen molar-refractivity contribution in [2.45, 2.75) is 39.3 Å². The Balaban J connectivity index is 1.97. The smallest absolute Gasteiger partial charge is 0.307 e. The van der Waals surface area contributed by atoms with Gasteiger partial charge in [-0.2, -0.15) is 0 Å². The van der Waals surface area contributed by atoms with E-state index in [1.54, 1.807) is 55.5 Å². The third kappa shape index (κ3) is 5.80. The van der Waals surface area contributed by atoms with Crippen LogP contribution in [0.4, 0.5) is 4.39 Å². The summed E-state index contributed by atoms with van der Waals surface area (Å²) in [5, 5.41) is 9.11. The van der Waals surface area contributed by atoms with Crippen LogP contribution in [-0.2, 0) is 29.0 Å². The van der Waals surface area contributed by atoms with E-state index in [0.717, 1.165) is 11.1 Å². The SMILES string of the molecule is CC(=O)Cc1cc(COc2ccccc2CC(=O)O)cc(-c2cccc([C@@H](C)N)c2F)c1. The summed E-state index contributed by atoms with van der Waals surface area (Å²) in [5.74, 6) is -0.874. The Kier molecular flexibility index (Phi) is 7.38. The second-order valence-corrected chi connectivity index (χ2v) is 7.88. The number of aliphatic carboxylic acids is 1. The first-order valence-corrected chi connectivity index (χ1v) is 10.3. The Bertz CT molecular complexity index is 1140. The Hall–Kier alpha value is -3.51. The first-order valence-electron chi connectivity index (χ1n) is 10.3. The van der Waals surface area contributed by atoms with Gasteiger partial charge in [0.15, 0.2) is 0 Å². The zero-order valence-electron chi connectivity index (χ0n) is 18.1. The maximum absolute atomic E-state index is 15.1. The summed E-state index contributed by atoms with van der Waals surface area (Å²) in [6.45, 7) is 3.37. The third-order valence-corrected chi connectivity index (χ3v) is 5.04. The molecular formula is C26H26FNO4. The van der Waals surface area contributed by atoms with Crippen LogP contribution >= 0.6 is 0 Å². The molecule has 3 aromatic carbocycles. The molecule has 0 aliphatic carbocycles. The van der Waals surface area contributed by atoms with E-state index in [0.29, 0.717) is 28.0 Å². The summed E-state index contributed by atoms with van der Waals surface area (Å²) < 4.78 is 21.0. The largest absolute Gasteiger partial charge is 0.489 e. The van der Waals surface area contributed by atoms with E-state index in [1.165, 1.54) is 6.92 Å². The van der Waals surface area contributed by atoms with Gasteiger partial charge in [0.05, 0.1) is 6.42 Å². The van der Waals surface area contributed by atoms with Crippen LogP contribution in [0.5, 0.6) is 5.75 Å². The number of hydrogen-bond acceptors (Lipinski definition) is 4. The van der Waals surface area contributed by atoms with Gasteiger partial charge >= 0.3 is 5.97 Å². The molecule has 0 aromatic heterocycles. The van der Waals surface area contributed by atoms with Gasteiger partial charge in [-0.05, 0) is 42.7 Å². The number of carboxylic acid groups (broad SMARTS) is 1. The lowest BCUT2D eigenvalue weighted by Crippen LogP contribution is -2.08. The summed E-state index contributed by atoms with van der Waals surface area (Å²) >= 11 is 0. The summed E-state index contributed by atoms with van der Waals surface area (Å²) in [6.07, 6.45) is 0.0616. The van der Waals surface area contributed by atoms with Crippen molar-refractivity contribution in [3.8, 4) is 16.9 Å². The number of benzene rings is 3. The van der Waals surface area contributed by atoms with Crippen LogP contribution in [0, 0.1) is 5.82 Å². The zero-order chi connectivity index (χ0) is 23.3. The molecule has 0 radical (unpaired) electrons. The van der Waals surface area contributed by atoms with Crippen molar-refractivity contribution in [3.63, 3.8) is 0 Å². The number of ether oxygens (including phenoxy) is 1. The molecule has 0 unspecified atom stereocenters. The maximum atomic E-state index is 15.1. The molecule has 3 N–H and O–H groups in total. The molecule has 0 amide bonds. The molecule has 3 aromatic rings. The minimum absolute atomic E-state index is 0.00868. The molecule has 5 nitrogen and oxygen atoms in total. The quantitative estimate of drug-likeness (QED) is 0.502. The van der Waals surface area contributed by atoms with Gasteiger partial charge in [-0.15, -0.1) is 0 Å². The molecule has 0 fully saturated rings. The number of carbonyl (C=O) groups excluding carboxylic acids is 1. The highest BCUT2D eigenvalue weighted by atomic mass is 19.1. The highest BCUT2D eigenvalue weighted by Crippen LogP contribution is 2.30. The van der Waals surface area contributed by atoms with Crippen LogP contribution in [0.15, 0.2) is 60.7 Å². The predicted octanol–water partition coefficient (Wildman–Crippen LogP) is 4.85. The number of rotatable bonds is 9. The lowest BCUT2D eigenvalue weighted by molar-refractivity contribution is -0.136. The van der Waals surface area contributed by atoms with Crippen LogP contribution < -0.4 is 10.5 Å². The second-order valence-electron chi connectivity index (χ2n) is 7.88. The van der Waals surface area contributed by atoms with Gasteiger partial charge < -0.3 is 15.6 Å². The minimum atomic E-state index is -0.948. The van der Waals surface area contributed by atoms with Crippen molar-refractivity contribution >= 4 is 11.8 Å². The summed E-state index contributed by atoms with van der Waals surface area (Å²) in [4.78, 5) is 22.9. The summed E-state index contributed by atoms with van der Waals surface area (Å²) in [7, 11) is 0. The molecule has 0 spiro atoms. The number of nitrogens with two attached hydrogens (primary N) is 1. The third-order valence-electron chi connectivity index (χ3n) is 5.04. The maximum Gasteiger partial charge on any atom is 0.307 e. The van der Waals surface area contributed by atoms with Crippen molar-refractivity contribution in [1.82, 2.24) is 0 Å². The topological polar surface area (TPSA) is 89.6 Å². The molecule has 0 aliphatic rings. The van der Waals surface area contributed by atoms with Crippen molar-refractivity contribution in [2.24, 2.45) is 5.73 Å². The van der Waals surface area contributed by atoms with Crippen molar-refractivity contribution in [1.29, 1.82) is 0 Å². The number of hydrogen-bond donors (Lipinski definition) is 2. The molecule has 3 rings (SSSR count). The van der Waals surface area contributed by atoms with Crippen molar-refractivity contribution in [3.05, 3.63) is 88.7 Å². The van der Waals surface area contributed by atoms with Crippen LogP contribution in [0.2, 0.25) is 0 Å². The molecule has 0 saturated carbocycles. The average Bonchev–Trinajstić information content (AvgIpc) is 2.72. The number of halogens is 1. The van der Waals surface area contributed by atoms with Crippen LogP contribution in [-0.4, -0.2) is 16.9 Å². The molecular weight excluding hydrogens is 409 g/mol. The van der Waals surface area contributed by atoms with Gasteiger partial charge in [-0.25, -0.2) is 4.39 Å². The van der Waals surface area contributed by atoms with Crippen molar-refractivity contribution in [2.75, 3.05) is 0 Å². The number of carboxylic acids is 1. The lowest BCUT2D eigenvalue weighted by Gasteiger charge is -2.15. The van der Waals surface area contributed by atoms with E-state index < -0.39 is 12.0 Å². The monoisotopic (exact) mass is 435 g/mol. The highest BCUT2D eigenvalue weighted by Gasteiger charge is 2.15. The number of carbonyl (C=O) groups is 2. The molecule has 0 aliphatic heterocycles. The van der Waals surface area contributed by atoms with Gasteiger partial charge in [0.25, 0.3) is 0 Å². The first kappa shape index (κ1) is 23.2. The fourth-order valence-corrected chi connectivity index (χ4v) is 3.63. The van der Waals surface area contributed by atoms with E-state index in [-0.39, 0.29) is 31.0 Å². The molecule has 1 atom stereocenters. The van der Waals surface area contributed by atoms with Crippen LogP contribution in [0.1, 0.15) is 42.1 Å². The number of para-hydroxylation sites is 1. The normalized spacial score (nSPS) is 11.8. The Labute approximate surface area is 186 Å². The van der Waals surface area contributed by atoms with Crippen LogP contribution in [0.3, 0.4) is 0 Å². The fourth-order valence-electron chi connectivity index (χ4n) is 3.63. The standard InChI is InChI=1S/C26H26FNO4/c1-16(29)10-18-11-19(15-32-24-9-4-3-6-20(24)14-25(30)31)13-21(12-18)23-8-5-7-22(17(2)28)26(23)27/h3-9,11-13,17H,10,14-15,28H2,1-2H3,(H,30,31)/t17-/m1/s1. The Morgan fingerprint density at radius 2 is 1.75 bits per heavy atom. The zero-order valence-corrected chi connectivity index (χ0v) is 18.1. The molecule has 166 valence electrons. The molecule has 0 saturated heterocycles. The average molecular weight is 435 g/mol. The molecule has 0 heterocycles. The summed E-state index contributed by atoms with van der Waals surface area (Å²) in [6, 6.07) is 17.0. The lowest BCUT2D eigenvalue weighted by atomic mass is 9.95. The second kappa shape index (κ2) is 10.2. The fraction of sp³-hybridized carbons (Fsp3) is 0.231. The van der Waals surface area contributed by atoms with Crippen molar-refractivity contribution < 1.29 is 23.8 Å². The Morgan fingerprint density at radius 3 is 2.44 bits per heavy atom. The molecule has 0 bridgehead atoms. The molecule has 32 heavy (non-hydrogen) atoms. The van der Waals surface area contributed by atoms with E-state index in [2.05, 4.69) is 0 Å². The summed E-state index contributed by atoms with van der Waals surface area (Å²) in [5.41, 5.74) is 9.40. The number of Topliss-reactive ketones (excluding diaryl/α,β-unsaturated/α-hetero) is 1. The minimum Gasteiger partial charge on any atom is -0.489 e. The highest BCUT2D eigenvalue weighted by molar-refractivity contribution is 5.79. The molecule has 6 heteroatoms. The van der Waals surface area contributed by atoms with E-state index in [9.17, 15) is 9.59 Å². The van der Waals surface area contributed by atoms with Gasteiger partial charge in [0, 0.05) is 29.2 Å². The van der Waals surface area contributed by atoms with Gasteiger partial charge in [-0.1, -0.05) is 48.5 Å². The van der Waals surface area contributed by atoms with Gasteiger partial charge in [0.1, 0.15) is 24.0 Å². The van der Waals surface area contributed by atoms with Gasteiger partial charge in [0.2, 0.25) is 0 Å². The predicted molar refractivity (Wildman–Crippen MR) is 121 cm³/mol. The van der Waals surface area contributed by atoms with E-state index >= 15 is 4.39 Å². The first-order chi connectivity index (χ1) is 15.2. The van der Waals surface area contributed by atoms with Crippen LogP contribution in [0.25, 0.3) is 11.1 Å². The van der Waals surface area contributed by atoms with E-state index in [4.69, 9.17) is 15.6 Å². The Morgan fingerprint density at radius 1 is 1.03 bits per heavy atom.